The van der Waals surface area contributed by atoms with Crippen LogP contribution in [0.1, 0.15) is 29.6 Å². The minimum absolute atomic E-state index is 0.00793. The van der Waals surface area contributed by atoms with Crippen LogP contribution in [0.15, 0.2) is 24.3 Å². The van der Waals surface area contributed by atoms with Crippen LogP contribution in [0.25, 0.3) is 0 Å². The molecule has 2 amide bonds. The molecular weight excluding hydrogens is 323 g/mol. The number of piperidine rings is 1. The lowest BCUT2D eigenvalue weighted by Crippen LogP contribution is -2.43. The summed E-state index contributed by atoms with van der Waals surface area (Å²) in [6, 6.07) is 5.22. The molecule has 0 aliphatic carbocycles. The Morgan fingerprint density at radius 2 is 1.80 bits per heavy atom. The van der Waals surface area contributed by atoms with Crippen molar-refractivity contribution in [3.63, 3.8) is 0 Å². The highest BCUT2D eigenvalue weighted by atomic mass is 19.1. The minimum Gasteiger partial charge on any atom is -0.353 e. The Hall–Kier alpha value is -1.99. The molecule has 2 heterocycles. The van der Waals surface area contributed by atoms with Gasteiger partial charge in [-0.1, -0.05) is 0 Å². The Balaban J connectivity index is 1.37. The molecule has 136 valence electrons. The fourth-order valence-electron chi connectivity index (χ4n) is 3.63. The lowest BCUT2D eigenvalue weighted by molar-refractivity contribution is -0.122. The largest absolute Gasteiger partial charge is 0.353 e. The topological polar surface area (TPSA) is 82.3 Å². The summed E-state index contributed by atoms with van der Waals surface area (Å²) in [6.07, 6.45) is 3.09. The molecule has 2 saturated heterocycles. The summed E-state index contributed by atoms with van der Waals surface area (Å²) in [6.45, 7) is 3.65. The Labute approximate surface area is 146 Å². The van der Waals surface area contributed by atoms with Crippen LogP contribution >= 0.6 is 0 Å². The van der Waals surface area contributed by atoms with Crippen LogP contribution in [-0.2, 0) is 4.79 Å². The van der Waals surface area contributed by atoms with Crippen LogP contribution in [-0.4, -0.2) is 50.6 Å². The summed E-state index contributed by atoms with van der Waals surface area (Å²) in [5, 5.41) is 12.3. The average molecular weight is 348 g/mol. The van der Waals surface area contributed by atoms with Gasteiger partial charge in [-0.2, -0.15) is 0 Å². The van der Waals surface area contributed by atoms with Crippen molar-refractivity contribution in [1.29, 1.82) is 0 Å². The van der Waals surface area contributed by atoms with Crippen LogP contribution < -0.4 is 21.3 Å². The first-order valence-corrected chi connectivity index (χ1v) is 8.84. The molecule has 1 aromatic carbocycles. The van der Waals surface area contributed by atoms with E-state index in [9.17, 15) is 14.0 Å². The lowest BCUT2D eigenvalue weighted by atomic mass is 9.77. The van der Waals surface area contributed by atoms with Gasteiger partial charge in [0, 0.05) is 25.2 Å². The first-order chi connectivity index (χ1) is 12.1. The highest BCUT2D eigenvalue weighted by Gasteiger charge is 2.41. The van der Waals surface area contributed by atoms with E-state index in [0.717, 1.165) is 38.9 Å². The fourth-order valence-corrected chi connectivity index (χ4v) is 3.63. The fraction of sp³-hybridized carbons (Fsp3) is 0.556. The van der Waals surface area contributed by atoms with Gasteiger partial charge in [0.1, 0.15) is 5.82 Å². The van der Waals surface area contributed by atoms with E-state index in [0.29, 0.717) is 18.7 Å². The zero-order chi connectivity index (χ0) is 17.7. The Bertz CT molecular complexity index is 614. The first-order valence-electron chi connectivity index (χ1n) is 8.84. The number of hydrogen-bond acceptors (Lipinski definition) is 4. The smallest absolute Gasteiger partial charge is 0.251 e. The van der Waals surface area contributed by atoms with Crippen molar-refractivity contribution >= 4 is 11.8 Å². The molecule has 2 fully saturated rings. The van der Waals surface area contributed by atoms with E-state index in [-0.39, 0.29) is 29.1 Å². The number of carbonyl (C=O) groups is 2. The molecule has 0 aromatic heterocycles. The second kappa shape index (κ2) is 7.93. The summed E-state index contributed by atoms with van der Waals surface area (Å²) in [5.74, 6) is -0.660. The van der Waals surface area contributed by atoms with Gasteiger partial charge < -0.3 is 21.3 Å². The molecule has 1 aromatic rings. The van der Waals surface area contributed by atoms with Gasteiger partial charge in [0.2, 0.25) is 5.91 Å². The van der Waals surface area contributed by atoms with Gasteiger partial charge in [0.25, 0.3) is 5.91 Å². The van der Waals surface area contributed by atoms with E-state index in [2.05, 4.69) is 21.3 Å². The van der Waals surface area contributed by atoms with Crippen molar-refractivity contribution in [3.8, 4) is 0 Å². The number of carbonyl (C=O) groups excluding carboxylic acids is 2. The summed E-state index contributed by atoms with van der Waals surface area (Å²) < 4.78 is 12.8. The number of nitrogens with one attached hydrogen (secondary N) is 4. The van der Waals surface area contributed by atoms with Gasteiger partial charge in [0.05, 0.1) is 6.04 Å². The molecule has 3 rings (SSSR count). The number of benzene rings is 1. The van der Waals surface area contributed by atoms with Crippen molar-refractivity contribution in [2.24, 2.45) is 5.41 Å². The zero-order valence-electron chi connectivity index (χ0n) is 14.2. The molecule has 6 nitrogen and oxygen atoms in total. The number of hydrogen-bond donors (Lipinski definition) is 4. The van der Waals surface area contributed by atoms with Gasteiger partial charge in [-0.3, -0.25) is 9.59 Å². The van der Waals surface area contributed by atoms with E-state index >= 15 is 0 Å². The minimum atomic E-state index is -0.376. The molecule has 1 unspecified atom stereocenters. The van der Waals surface area contributed by atoms with E-state index in [1.54, 1.807) is 0 Å². The standard InChI is InChI=1S/C18H25FN4O2/c19-14-3-1-13(2-4-14)16(24)21-9-10-22-17(25)15-11-18(12-23-15)5-7-20-8-6-18/h1-4,15,20,23H,5-12H2,(H,21,24)(H,22,25). The lowest BCUT2D eigenvalue weighted by Gasteiger charge is -2.33. The SMILES string of the molecule is O=C(NCCNC(=O)C1CC2(CCNCC2)CN1)c1ccc(F)cc1. The molecule has 0 bridgehead atoms. The molecular formula is C18H25FN4O2. The van der Waals surface area contributed by atoms with E-state index < -0.39 is 0 Å². The molecule has 4 N–H and O–H groups in total. The average Bonchev–Trinajstić information content (AvgIpc) is 3.03. The van der Waals surface area contributed by atoms with Gasteiger partial charge in [-0.15, -0.1) is 0 Å². The maximum absolute atomic E-state index is 12.8. The van der Waals surface area contributed by atoms with Gasteiger partial charge in [0.15, 0.2) is 0 Å². The monoisotopic (exact) mass is 348 g/mol. The molecule has 0 radical (unpaired) electrons. The highest BCUT2D eigenvalue weighted by molar-refractivity contribution is 5.94. The first kappa shape index (κ1) is 17.8. The quantitative estimate of drug-likeness (QED) is 0.581. The van der Waals surface area contributed by atoms with Crippen molar-refractivity contribution < 1.29 is 14.0 Å². The summed E-state index contributed by atoms with van der Waals surface area (Å²) >= 11 is 0. The van der Waals surface area contributed by atoms with E-state index in [1.165, 1.54) is 24.3 Å². The molecule has 0 saturated carbocycles. The van der Waals surface area contributed by atoms with Crippen molar-refractivity contribution in [2.45, 2.75) is 25.3 Å². The molecule has 2 aliphatic rings. The second-order valence-electron chi connectivity index (χ2n) is 6.94. The van der Waals surface area contributed by atoms with Crippen LogP contribution in [0.5, 0.6) is 0 Å². The Morgan fingerprint density at radius 3 is 2.52 bits per heavy atom. The van der Waals surface area contributed by atoms with Crippen LogP contribution in [0.4, 0.5) is 4.39 Å². The normalized spacial score (nSPS) is 21.9. The van der Waals surface area contributed by atoms with Crippen LogP contribution in [0, 0.1) is 11.2 Å². The third-order valence-electron chi connectivity index (χ3n) is 5.16. The van der Waals surface area contributed by atoms with Gasteiger partial charge in [-0.05, 0) is 62.0 Å². The maximum atomic E-state index is 12.8. The maximum Gasteiger partial charge on any atom is 0.251 e. The van der Waals surface area contributed by atoms with Crippen LogP contribution in [0.2, 0.25) is 0 Å². The molecule has 7 heteroatoms. The molecule has 1 atom stereocenters. The zero-order valence-corrected chi connectivity index (χ0v) is 14.2. The summed E-state index contributed by atoms with van der Waals surface area (Å²) in [7, 11) is 0. The number of amides is 2. The summed E-state index contributed by atoms with van der Waals surface area (Å²) in [4.78, 5) is 24.2. The Kier molecular flexibility index (Phi) is 5.65. The van der Waals surface area contributed by atoms with Crippen molar-refractivity contribution in [1.82, 2.24) is 21.3 Å². The highest BCUT2D eigenvalue weighted by Crippen LogP contribution is 2.37. The van der Waals surface area contributed by atoms with Gasteiger partial charge >= 0.3 is 0 Å². The van der Waals surface area contributed by atoms with Gasteiger partial charge in [-0.25, -0.2) is 4.39 Å². The van der Waals surface area contributed by atoms with Crippen molar-refractivity contribution in [3.05, 3.63) is 35.6 Å². The molecule has 25 heavy (non-hydrogen) atoms. The predicted molar refractivity (Wildman–Crippen MR) is 92.7 cm³/mol. The second-order valence-corrected chi connectivity index (χ2v) is 6.94. The molecule has 1 spiro atoms. The summed E-state index contributed by atoms with van der Waals surface area (Å²) in [5.41, 5.74) is 0.655. The van der Waals surface area contributed by atoms with Crippen LogP contribution in [0.3, 0.4) is 0 Å². The number of halogens is 1. The Morgan fingerprint density at radius 1 is 1.12 bits per heavy atom. The van der Waals surface area contributed by atoms with E-state index in [4.69, 9.17) is 0 Å². The third-order valence-corrected chi connectivity index (χ3v) is 5.16. The molecule has 2 aliphatic heterocycles. The number of rotatable bonds is 5. The van der Waals surface area contributed by atoms with Crippen molar-refractivity contribution in [2.75, 3.05) is 32.7 Å². The third kappa shape index (κ3) is 4.55. The predicted octanol–water partition coefficient (Wildman–Crippen LogP) is 0.403. The van der Waals surface area contributed by atoms with E-state index in [1.807, 2.05) is 0 Å².